The van der Waals surface area contributed by atoms with Gasteiger partial charge in [0.25, 0.3) is 0 Å². The largest absolute Gasteiger partial charge is 0.480 e. The van der Waals surface area contributed by atoms with Crippen LogP contribution in [0.15, 0.2) is 18.2 Å². The molecule has 1 aromatic carbocycles. The number of benzene rings is 1. The number of carboxylic acid groups (broad SMARTS) is 1. The van der Waals surface area contributed by atoms with Crippen molar-refractivity contribution in [2.45, 2.75) is 39.2 Å². The predicted molar refractivity (Wildman–Crippen MR) is 79.3 cm³/mol. The lowest BCUT2D eigenvalue weighted by molar-refractivity contribution is -0.144. The summed E-state index contributed by atoms with van der Waals surface area (Å²) < 4.78 is 0. The second-order valence-corrected chi connectivity index (χ2v) is 5.07. The van der Waals surface area contributed by atoms with Gasteiger partial charge in [-0.1, -0.05) is 31.5 Å². The molecule has 0 aromatic heterocycles. The van der Waals surface area contributed by atoms with E-state index < -0.39 is 17.5 Å². The summed E-state index contributed by atoms with van der Waals surface area (Å²) in [6.07, 6.45) is 0.613. The van der Waals surface area contributed by atoms with E-state index in [0.29, 0.717) is 23.6 Å². The lowest BCUT2D eigenvalue weighted by Crippen LogP contribution is -2.55. The Morgan fingerprint density at radius 1 is 1.30 bits per heavy atom. The first-order valence-electron chi connectivity index (χ1n) is 6.43. The Hall–Kier alpha value is -1.75. The van der Waals surface area contributed by atoms with Crippen molar-refractivity contribution in [1.29, 1.82) is 0 Å². The zero-order chi connectivity index (χ0) is 15.3. The zero-order valence-corrected chi connectivity index (χ0v) is 12.5. The van der Waals surface area contributed by atoms with Crippen molar-refractivity contribution in [3.05, 3.63) is 28.8 Å². The minimum Gasteiger partial charge on any atom is -0.480 e. The highest BCUT2D eigenvalue weighted by Crippen LogP contribution is 2.21. The summed E-state index contributed by atoms with van der Waals surface area (Å²) in [6.45, 7) is 5.28. The van der Waals surface area contributed by atoms with E-state index in [1.807, 2.05) is 6.92 Å². The molecule has 1 aromatic rings. The summed E-state index contributed by atoms with van der Waals surface area (Å²) in [6, 6.07) is 4.57. The van der Waals surface area contributed by atoms with Gasteiger partial charge in [0.2, 0.25) is 0 Å². The molecule has 0 bridgehead atoms. The van der Waals surface area contributed by atoms with Crippen LogP contribution in [0, 0.1) is 6.92 Å². The fourth-order valence-corrected chi connectivity index (χ4v) is 2.05. The molecule has 1 rings (SSSR count). The number of hydrogen-bond donors (Lipinski definition) is 3. The third-order valence-electron chi connectivity index (χ3n) is 3.42. The quantitative estimate of drug-likeness (QED) is 0.779. The van der Waals surface area contributed by atoms with Crippen LogP contribution >= 0.6 is 11.6 Å². The van der Waals surface area contributed by atoms with Crippen molar-refractivity contribution in [2.75, 3.05) is 5.32 Å². The molecule has 0 heterocycles. The normalized spacial score (nSPS) is 11.0. The van der Waals surface area contributed by atoms with Gasteiger partial charge in [0.1, 0.15) is 5.54 Å². The van der Waals surface area contributed by atoms with Crippen LogP contribution in [-0.2, 0) is 4.79 Å². The van der Waals surface area contributed by atoms with Crippen LogP contribution in [-0.4, -0.2) is 22.6 Å². The number of aliphatic carboxylic acids is 1. The molecule has 0 fully saturated rings. The van der Waals surface area contributed by atoms with Crippen molar-refractivity contribution >= 4 is 29.3 Å². The zero-order valence-electron chi connectivity index (χ0n) is 11.8. The van der Waals surface area contributed by atoms with E-state index in [1.54, 1.807) is 32.0 Å². The van der Waals surface area contributed by atoms with E-state index in [0.717, 1.165) is 5.56 Å². The van der Waals surface area contributed by atoms with Crippen LogP contribution in [0.3, 0.4) is 0 Å². The Kier molecular flexibility index (Phi) is 5.39. The first-order valence-corrected chi connectivity index (χ1v) is 6.81. The molecule has 0 radical (unpaired) electrons. The maximum absolute atomic E-state index is 12.0. The van der Waals surface area contributed by atoms with Gasteiger partial charge in [-0.15, -0.1) is 0 Å². The van der Waals surface area contributed by atoms with Crippen LogP contribution in [0.25, 0.3) is 0 Å². The van der Waals surface area contributed by atoms with E-state index in [-0.39, 0.29) is 0 Å². The number of amides is 2. The second kappa shape index (κ2) is 6.61. The molecule has 0 spiro atoms. The number of hydrogen-bond acceptors (Lipinski definition) is 2. The average molecular weight is 299 g/mol. The molecule has 0 saturated carbocycles. The first kappa shape index (κ1) is 16.3. The Balaban J connectivity index is 2.86. The van der Waals surface area contributed by atoms with Crippen molar-refractivity contribution in [1.82, 2.24) is 5.32 Å². The lowest BCUT2D eigenvalue weighted by atomic mass is 9.93. The van der Waals surface area contributed by atoms with Crippen molar-refractivity contribution in [3.63, 3.8) is 0 Å². The fraction of sp³-hybridized carbons (Fsp3) is 0.429. The van der Waals surface area contributed by atoms with Gasteiger partial charge in [-0.25, -0.2) is 9.59 Å². The molecule has 2 amide bonds. The van der Waals surface area contributed by atoms with Crippen LogP contribution in [0.5, 0.6) is 0 Å². The molecule has 0 atom stereocenters. The van der Waals surface area contributed by atoms with E-state index >= 15 is 0 Å². The fourth-order valence-electron chi connectivity index (χ4n) is 1.88. The lowest BCUT2D eigenvalue weighted by Gasteiger charge is -2.28. The minimum atomic E-state index is -1.25. The SMILES string of the molecule is CCC(CC)(NC(=O)Nc1cc(Cl)ccc1C)C(=O)O. The maximum atomic E-state index is 12.0. The molecule has 0 aliphatic heterocycles. The third kappa shape index (κ3) is 3.63. The summed E-state index contributed by atoms with van der Waals surface area (Å²) in [7, 11) is 0. The number of halogens is 1. The minimum absolute atomic E-state index is 0.306. The standard InChI is InChI=1S/C14H19ClN2O3/c1-4-14(5-2,12(18)19)17-13(20)16-11-8-10(15)7-6-9(11)3/h6-8H,4-5H2,1-3H3,(H,18,19)(H2,16,17,20). The summed E-state index contributed by atoms with van der Waals surface area (Å²) in [5.74, 6) is -1.04. The molecule has 110 valence electrons. The molecule has 0 unspecified atom stereocenters. The summed E-state index contributed by atoms with van der Waals surface area (Å²) in [4.78, 5) is 23.3. The Labute approximate surface area is 123 Å². The highest BCUT2D eigenvalue weighted by atomic mass is 35.5. The average Bonchev–Trinajstić information content (AvgIpc) is 2.40. The smallest absolute Gasteiger partial charge is 0.329 e. The molecule has 0 aliphatic carbocycles. The van der Waals surface area contributed by atoms with Gasteiger partial charge in [-0.3, -0.25) is 0 Å². The monoisotopic (exact) mass is 298 g/mol. The van der Waals surface area contributed by atoms with Gasteiger partial charge in [-0.05, 0) is 37.5 Å². The number of nitrogens with one attached hydrogen (secondary N) is 2. The molecule has 0 saturated heterocycles. The van der Waals surface area contributed by atoms with Gasteiger partial charge in [0.15, 0.2) is 0 Å². The van der Waals surface area contributed by atoms with Crippen molar-refractivity contribution < 1.29 is 14.7 Å². The number of carbonyl (C=O) groups is 2. The van der Waals surface area contributed by atoms with Crippen molar-refractivity contribution in [2.24, 2.45) is 0 Å². The van der Waals surface area contributed by atoms with E-state index in [2.05, 4.69) is 10.6 Å². The molecular weight excluding hydrogens is 280 g/mol. The summed E-state index contributed by atoms with van der Waals surface area (Å²) >= 11 is 5.87. The van der Waals surface area contributed by atoms with Crippen LogP contribution in [0.2, 0.25) is 5.02 Å². The second-order valence-electron chi connectivity index (χ2n) is 4.63. The highest BCUT2D eigenvalue weighted by molar-refractivity contribution is 6.31. The number of aryl methyl sites for hydroxylation is 1. The Morgan fingerprint density at radius 3 is 2.40 bits per heavy atom. The van der Waals surface area contributed by atoms with Crippen LogP contribution < -0.4 is 10.6 Å². The predicted octanol–water partition coefficient (Wildman–Crippen LogP) is 3.41. The maximum Gasteiger partial charge on any atom is 0.329 e. The third-order valence-corrected chi connectivity index (χ3v) is 3.65. The number of carboxylic acids is 1. The molecule has 6 heteroatoms. The molecule has 0 aliphatic rings. The van der Waals surface area contributed by atoms with Crippen molar-refractivity contribution in [3.8, 4) is 0 Å². The summed E-state index contributed by atoms with van der Waals surface area (Å²) in [5, 5.41) is 14.9. The highest BCUT2D eigenvalue weighted by Gasteiger charge is 2.36. The molecular formula is C14H19ClN2O3. The Morgan fingerprint density at radius 2 is 1.90 bits per heavy atom. The van der Waals surface area contributed by atoms with Crippen LogP contribution in [0.1, 0.15) is 32.3 Å². The van der Waals surface area contributed by atoms with Gasteiger partial charge in [-0.2, -0.15) is 0 Å². The Bertz CT molecular complexity index is 513. The van der Waals surface area contributed by atoms with Crippen LogP contribution in [0.4, 0.5) is 10.5 Å². The number of rotatable bonds is 5. The molecule has 3 N–H and O–H groups in total. The topological polar surface area (TPSA) is 78.4 Å². The summed E-state index contributed by atoms with van der Waals surface area (Å²) in [5.41, 5.74) is 0.149. The van der Waals surface area contributed by atoms with E-state index in [4.69, 9.17) is 11.6 Å². The first-order chi connectivity index (χ1) is 9.34. The molecule has 20 heavy (non-hydrogen) atoms. The molecule has 5 nitrogen and oxygen atoms in total. The van der Waals surface area contributed by atoms with Gasteiger partial charge < -0.3 is 15.7 Å². The van der Waals surface area contributed by atoms with E-state index in [1.165, 1.54) is 0 Å². The number of urea groups is 1. The van der Waals surface area contributed by atoms with E-state index in [9.17, 15) is 14.7 Å². The van der Waals surface area contributed by atoms with Gasteiger partial charge in [0.05, 0.1) is 0 Å². The number of anilines is 1. The number of carbonyl (C=O) groups excluding carboxylic acids is 1. The van der Waals surface area contributed by atoms with Gasteiger partial charge in [0, 0.05) is 10.7 Å². The van der Waals surface area contributed by atoms with Gasteiger partial charge >= 0.3 is 12.0 Å².